The summed E-state index contributed by atoms with van der Waals surface area (Å²) in [5.41, 5.74) is 0.812. The van der Waals surface area contributed by atoms with Crippen LogP contribution >= 0.6 is 0 Å². The molecule has 1 aromatic carbocycles. The number of hydrogen-bond acceptors (Lipinski definition) is 6. The summed E-state index contributed by atoms with van der Waals surface area (Å²) in [6, 6.07) is 4.64. The highest BCUT2D eigenvalue weighted by Gasteiger charge is 2.43. The van der Waals surface area contributed by atoms with Gasteiger partial charge in [0.25, 0.3) is 5.91 Å². The highest BCUT2D eigenvalue weighted by Crippen LogP contribution is 2.42. The van der Waals surface area contributed by atoms with Gasteiger partial charge in [0.2, 0.25) is 6.79 Å². The summed E-state index contributed by atoms with van der Waals surface area (Å²) >= 11 is 0. The van der Waals surface area contributed by atoms with Crippen LogP contribution in [0.5, 0.6) is 11.5 Å². The molecule has 0 aliphatic carbocycles. The second kappa shape index (κ2) is 6.07. The molecule has 1 amide bonds. The van der Waals surface area contributed by atoms with Crippen LogP contribution in [0.25, 0.3) is 0 Å². The molecule has 2 atom stereocenters. The molecule has 0 spiro atoms. The first-order valence-corrected chi connectivity index (χ1v) is 8.32. The number of carbonyl (C=O) groups is 2. The number of benzene rings is 1. The molecule has 3 aliphatic heterocycles. The van der Waals surface area contributed by atoms with Gasteiger partial charge < -0.3 is 24.2 Å². The maximum Gasteiger partial charge on any atom is 0.290 e. The summed E-state index contributed by atoms with van der Waals surface area (Å²) in [4.78, 5) is 26.2. The van der Waals surface area contributed by atoms with Crippen LogP contribution in [0.4, 0.5) is 0 Å². The van der Waals surface area contributed by atoms with Gasteiger partial charge in [-0.2, -0.15) is 0 Å². The van der Waals surface area contributed by atoms with Gasteiger partial charge in [0.15, 0.2) is 23.0 Å². The van der Waals surface area contributed by atoms with E-state index in [-0.39, 0.29) is 24.3 Å². The van der Waals surface area contributed by atoms with Crippen molar-refractivity contribution in [3.05, 3.63) is 35.1 Å². The molecule has 0 radical (unpaired) electrons. The molecule has 0 unspecified atom stereocenters. The molecule has 0 saturated carbocycles. The molecule has 1 aromatic rings. The van der Waals surface area contributed by atoms with E-state index in [0.29, 0.717) is 30.2 Å². The Labute approximate surface area is 144 Å². The van der Waals surface area contributed by atoms with Crippen molar-refractivity contribution in [1.29, 1.82) is 0 Å². The lowest BCUT2D eigenvalue weighted by Gasteiger charge is -2.28. The molecule has 3 heterocycles. The summed E-state index contributed by atoms with van der Waals surface area (Å²) in [6.45, 7) is 2.50. The molecule has 0 bridgehead atoms. The molecule has 1 N–H and O–H groups in total. The van der Waals surface area contributed by atoms with Gasteiger partial charge in [-0.25, -0.2) is 0 Å². The lowest BCUT2D eigenvalue weighted by atomic mass is 9.96. The lowest BCUT2D eigenvalue weighted by molar-refractivity contribution is -0.131. The first kappa shape index (κ1) is 16.0. The van der Waals surface area contributed by atoms with Gasteiger partial charge >= 0.3 is 0 Å². The largest absolute Gasteiger partial charge is 0.503 e. The minimum absolute atomic E-state index is 0.0837. The SMILES string of the molecule is CC(=O)C1=C(O)C(=O)N(C[C@H]2CCCO2)[C@H]1c1ccc2c(c1)OCO2. The van der Waals surface area contributed by atoms with Crippen molar-refractivity contribution in [1.82, 2.24) is 4.90 Å². The molecular weight excluding hydrogens is 326 g/mol. The molecular formula is C18H19NO6. The molecule has 1 saturated heterocycles. The summed E-state index contributed by atoms with van der Waals surface area (Å²) < 4.78 is 16.3. The van der Waals surface area contributed by atoms with Crippen molar-refractivity contribution in [3.8, 4) is 11.5 Å². The average Bonchev–Trinajstić information content (AvgIpc) is 3.30. The van der Waals surface area contributed by atoms with E-state index >= 15 is 0 Å². The summed E-state index contributed by atoms with van der Waals surface area (Å²) in [5.74, 6) is -0.160. The quantitative estimate of drug-likeness (QED) is 0.897. The van der Waals surface area contributed by atoms with E-state index < -0.39 is 17.7 Å². The van der Waals surface area contributed by atoms with E-state index in [9.17, 15) is 14.7 Å². The molecule has 0 aromatic heterocycles. The third-order valence-electron chi connectivity index (χ3n) is 4.82. The standard InChI is InChI=1S/C18H19NO6/c1-10(20)15-16(11-4-5-13-14(7-11)25-9-24-13)19(18(22)17(15)21)8-12-3-2-6-23-12/h4-5,7,12,16,21H,2-3,6,8-9H2,1H3/t12-,16+/m1/s1. The second-order valence-corrected chi connectivity index (χ2v) is 6.43. The third kappa shape index (κ3) is 2.64. The molecule has 3 aliphatic rings. The fourth-order valence-corrected chi connectivity index (χ4v) is 3.64. The average molecular weight is 345 g/mol. The smallest absolute Gasteiger partial charge is 0.290 e. The van der Waals surface area contributed by atoms with Crippen LogP contribution < -0.4 is 9.47 Å². The Kier molecular flexibility index (Phi) is 3.88. The Bertz CT molecular complexity index is 765. The van der Waals surface area contributed by atoms with Gasteiger partial charge in [-0.1, -0.05) is 6.07 Å². The first-order chi connectivity index (χ1) is 12.1. The Morgan fingerprint density at radius 2 is 2.12 bits per heavy atom. The molecule has 7 heteroatoms. The monoisotopic (exact) mass is 345 g/mol. The Balaban J connectivity index is 1.73. The van der Waals surface area contributed by atoms with Crippen LogP contribution in [0.2, 0.25) is 0 Å². The van der Waals surface area contributed by atoms with Gasteiger partial charge in [-0.05, 0) is 37.5 Å². The van der Waals surface area contributed by atoms with Crippen molar-refractivity contribution in [2.45, 2.75) is 31.9 Å². The molecule has 1 fully saturated rings. The molecule has 132 valence electrons. The Hall–Kier alpha value is -2.54. The number of ketones is 1. The minimum atomic E-state index is -0.649. The third-order valence-corrected chi connectivity index (χ3v) is 4.82. The maximum atomic E-state index is 12.6. The van der Waals surface area contributed by atoms with E-state index in [1.807, 2.05) is 0 Å². The lowest BCUT2D eigenvalue weighted by Crippen LogP contribution is -2.37. The zero-order valence-electron chi connectivity index (χ0n) is 13.9. The Morgan fingerprint density at radius 3 is 2.84 bits per heavy atom. The van der Waals surface area contributed by atoms with Crippen LogP contribution in [-0.4, -0.2) is 47.7 Å². The van der Waals surface area contributed by atoms with Gasteiger partial charge in [-0.3, -0.25) is 9.59 Å². The number of Topliss-reactive ketones (excluding diaryl/α,β-unsaturated/α-hetero) is 1. The normalized spacial score (nSPS) is 25.2. The van der Waals surface area contributed by atoms with Crippen molar-refractivity contribution < 1.29 is 28.9 Å². The highest BCUT2D eigenvalue weighted by molar-refractivity contribution is 6.08. The fourth-order valence-electron chi connectivity index (χ4n) is 3.64. The number of aliphatic hydroxyl groups is 1. The predicted molar refractivity (Wildman–Crippen MR) is 86.3 cm³/mol. The van der Waals surface area contributed by atoms with Crippen molar-refractivity contribution in [2.75, 3.05) is 19.9 Å². The van der Waals surface area contributed by atoms with Crippen molar-refractivity contribution in [3.63, 3.8) is 0 Å². The van der Waals surface area contributed by atoms with Gasteiger partial charge in [0.1, 0.15) is 0 Å². The van der Waals surface area contributed by atoms with E-state index in [2.05, 4.69) is 0 Å². The topological polar surface area (TPSA) is 85.3 Å². The number of aliphatic hydroxyl groups excluding tert-OH is 1. The first-order valence-electron chi connectivity index (χ1n) is 8.32. The molecule has 7 nitrogen and oxygen atoms in total. The zero-order chi connectivity index (χ0) is 17.6. The van der Waals surface area contributed by atoms with E-state index in [1.54, 1.807) is 18.2 Å². The maximum absolute atomic E-state index is 12.6. The number of nitrogens with zero attached hydrogens (tertiary/aromatic N) is 1. The Morgan fingerprint density at radius 1 is 1.32 bits per heavy atom. The van der Waals surface area contributed by atoms with E-state index in [4.69, 9.17) is 14.2 Å². The summed E-state index contributed by atoms with van der Waals surface area (Å²) in [6.07, 6.45) is 1.72. The predicted octanol–water partition coefficient (Wildman–Crippen LogP) is 1.88. The van der Waals surface area contributed by atoms with Gasteiger partial charge in [0, 0.05) is 13.2 Å². The molecule has 4 rings (SSSR count). The number of amides is 1. The highest BCUT2D eigenvalue weighted by atomic mass is 16.7. The zero-order valence-corrected chi connectivity index (χ0v) is 13.9. The van der Waals surface area contributed by atoms with Crippen LogP contribution in [0.3, 0.4) is 0 Å². The number of rotatable bonds is 4. The van der Waals surface area contributed by atoms with Gasteiger partial charge in [-0.15, -0.1) is 0 Å². The summed E-state index contributed by atoms with van der Waals surface area (Å²) in [5, 5.41) is 10.3. The fraction of sp³-hybridized carbons (Fsp3) is 0.444. The number of hydrogen-bond donors (Lipinski definition) is 1. The number of carbonyl (C=O) groups excluding carboxylic acids is 2. The molecule has 25 heavy (non-hydrogen) atoms. The van der Waals surface area contributed by atoms with Crippen LogP contribution in [0, 0.1) is 0 Å². The minimum Gasteiger partial charge on any atom is -0.503 e. The van der Waals surface area contributed by atoms with Crippen LogP contribution in [0.15, 0.2) is 29.5 Å². The number of fused-ring (bicyclic) bond motifs is 1. The van der Waals surface area contributed by atoms with Crippen molar-refractivity contribution in [2.24, 2.45) is 0 Å². The number of ether oxygens (including phenoxy) is 3. The van der Waals surface area contributed by atoms with Gasteiger partial charge in [0.05, 0.1) is 17.7 Å². The van der Waals surface area contributed by atoms with E-state index in [0.717, 1.165) is 12.8 Å². The summed E-state index contributed by atoms with van der Waals surface area (Å²) in [7, 11) is 0. The van der Waals surface area contributed by atoms with E-state index in [1.165, 1.54) is 11.8 Å². The second-order valence-electron chi connectivity index (χ2n) is 6.43. The van der Waals surface area contributed by atoms with Crippen LogP contribution in [0.1, 0.15) is 31.4 Å². The van der Waals surface area contributed by atoms with Crippen molar-refractivity contribution >= 4 is 11.7 Å². The van der Waals surface area contributed by atoms with Crippen LogP contribution in [-0.2, 0) is 14.3 Å².